The second-order valence-corrected chi connectivity index (χ2v) is 7.52. The molecule has 2 bridgehead atoms. The quantitative estimate of drug-likeness (QED) is 0.749. The van der Waals surface area contributed by atoms with E-state index in [2.05, 4.69) is 0 Å². The number of amides is 1. The fourth-order valence-corrected chi connectivity index (χ4v) is 3.46. The van der Waals surface area contributed by atoms with Gasteiger partial charge in [0.2, 0.25) is 0 Å². The van der Waals surface area contributed by atoms with E-state index in [9.17, 15) is 14.0 Å². The van der Waals surface area contributed by atoms with Gasteiger partial charge in [0.1, 0.15) is 17.3 Å². The Hall–Kier alpha value is -1.33. The number of nitrogens with zero attached hydrogens (tertiary/aromatic N) is 1. The van der Waals surface area contributed by atoms with Crippen molar-refractivity contribution in [1.29, 1.82) is 0 Å². The lowest BCUT2D eigenvalue weighted by atomic mass is 9.41. The molecule has 0 radical (unpaired) electrons. The van der Waals surface area contributed by atoms with E-state index in [0.717, 1.165) is 0 Å². The standard InChI is InChI=1S/C15H24FNO4/c1-13(2,3)21-12(19)17(4)10(11(18)20-5)6-14-7-15(16,8-14)9-14/h10H,6-9H2,1-5H3/t10-,14?,15?/m1/s1. The molecule has 3 aliphatic carbocycles. The molecule has 0 aliphatic heterocycles. The van der Waals surface area contributed by atoms with Crippen molar-refractivity contribution in [2.24, 2.45) is 5.41 Å². The van der Waals surface area contributed by atoms with Gasteiger partial charge in [-0.25, -0.2) is 14.0 Å². The van der Waals surface area contributed by atoms with Crippen LogP contribution < -0.4 is 0 Å². The Bertz CT molecular complexity index is 437. The SMILES string of the molecule is COC(=O)[C@@H](CC12CC(F)(C1)C2)N(C)C(=O)OC(C)(C)C. The fraction of sp³-hybridized carbons (Fsp3) is 0.867. The Morgan fingerprint density at radius 1 is 1.29 bits per heavy atom. The molecule has 0 N–H and O–H groups in total. The zero-order valence-corrected chi connectivity index (χ0v) is 13.4. The van der Waals surface area contributed by atoms with Gasteiger partial charge in [0.05, 0.1) is 7.11 Å². The third-order valence-electron chi connectivity index (χ3n) is 4.32. The van der Waals surface area contributed by atoms with Gasteiger partial charge in [0.15, 0.2) is 0 Å². The molecule has 21 heavy (non-hydrogen) atoms. The number of hydrogen-bond donors (Lipinski definition) is 0. The second kappa shape index (κ2) is 4.85. The molecule has 3 fully saturated rings. The summed E-state index contributed by atoms with van der Waals surface area (Å²) in [6.07, 6.45) is 1.31. The van der Waals surface area contributed by atoms with Crippen LogP contribution in [0.2, 0.25) is 0 Å². The Morgan fingerprint density at radius 2 is 1.81 bits per heavy atom. The summed E-state index contributed by atoms with van der Waals surface area (Å²) < 4.78 is 23.7. The van der Waals surface area contributed by atoms with Crippen LogP contribution in [-0.4, -0.2) is 48.4 Å². The maximum atomic E-state index is 13.6. The normalized spacial score (nSPS) is 31.5. The van der Waals surface area contributed by atoms with Gasteiger partial charge < -0.3 is 9.47 Å². The van der Waals surface area contributed by atoms with Crippen molar-refractivity contribution in [3.05, 3.63) is 0 Å². The second-order valence-electron chi connectivity index (χ2n) is 7.52. The molecule has 3 aliphatic rings. The summed E-state index contributed by atoms with van der Waals surface area (Å²) in [4.78, 5) is 25.3. The molecule has 0 aromatic rings. The van der Waals surface area contributed by atoms with Crippen LogP contribution in [0.4, 0.5) is 9.18 Å². The molecule has 1 atom stereocenters. The first-order valence-corrected chi connectivity index (χ1v) is 7.22. The van der Waals surface area contributed by atoms with Gasteiger partial charge in [0.25, 0.3) is 0 Å². The van der Waals surface area contributed by atoms with Crippen molar-refractivity contribution < 1.29 is 23.5 Å². The minimum Gasteiger partial charge on any atom is -0.467 e. The first-order valence-electron chi connectivity index (χ1n) is 7.22. The highest BCUT2D eigenvalue weighted by atomic mass is 19.1. The fourth-order valence-electron chi connectivity index (χ4n) is 3.46. The predicted molar refractivity (Wildman–Crippen MR) is 74.5 cm³/mol. The van der Waals surface area contributed by atoms with Crippen LogP contribution >= 0.6 is 0 Å². The number of ether oxygens (including phenoxy) is 2. The number of carbonyl (C=O) groups is 2. The number of hydrogen-bond acceptors (Lipinski definition) is 4. The van der Waals surface area contributed by atoms with Crippen molar-refractivity contribution in [3.8, 4) is 0 Å². The van der Waals surface area contributed by atoms with Gasteiger partial charge in [-0.3, -0.25) is 4.90 Å². The molecule has 0 heterocycles. The number of halogens is 1. The van der Waals surface area contributed by atoms with E-state index in [-0.39, 0.29) is 5.41 Å². The van der Waals surface area contributed by atoms with Crippen molar-refractivity contribution >= 4 is 12.1 Å². The molecule has 0 aromatic heterocycles. The van der Waals surface area contributed by atoms with E-state index in [0.29, 0.717) is 25.7 Å². The topological polar surface area (TPSA) is 55.8 Å². The lowest BCUT2D eigenvalue weighted by Crippen LogP contribution is -2.66. The van der Waals surface area contributed by atoms with Gasteiger partial charge in [-0.05, 0) is 51.9 Å². The van der Waals surface area contributed by atoms with E-state index in [1.807, 2.05) is 0 Å². The zero-order valence-electron chi connectivity index (χ0n) is 13.4. The highest BCUT2D eigenvalue weighted by Gasteiger charge is 2.69. The summed E-state index contributed by atoms with van der Waals surface area (Å²) >= 11 is 0. The number of rotatable bonds is 4. The van der Waals surface area contributed by atoms with E-state index >= 15 is 0 Å². The average molecular weight is 301 g/mol. The third kappa shape index (κ3) is 3.14. The third-order valence-corrected chi connectivity index (χ3v) is 4.32. The molecule has 6 heteroatoms. The van der Waals surface area contributed by atoms with Crippen LogP contribution in [0.5, 0.6) is 0 Å². The molecule has 3 rings (SSSR count). The minimum absolute atomic E-state index is 0.149. The highest BCUT2D eigenvalue weighted by molar-refractivity contribution is 5.81. The molecule has 0 unspecified atom stereocenters. The maximum absolute atomic E-state index is 13.6. The number of carbonyl (C=O) groups excluding carboxylic acids is 2. The molecule has 5 nitrogen and oxygen atoms in total. The zero-order chi connectivity index (χ0) is 16.1. The predicted octanol–water partition coefficient (Wildman–Crippen LogP) is 2.68. The number of esters is 1. The summed E-state index contributed by atoms with van der Waals surface area (Å²) in [5, 5.41) is 0. The molecule has 0 saturated heterocycles. The molecule has 1 amide bonds. The van der Waals surface area contributed by atoms with E-state index in [1.54, 1.807) is 20.8 Å². The van der Waals surface area contributed by atoms with Crippen LogP contribution in [0.15, 0.2) is 0 Å². The van der Waals surface area contributed by atoms with Crippen LogP contribution in [0.1, 0.15) is 46.5 Å². The monoisotopic (exact) mass is 301 g/mol. The average Bonchev–Trinajstić information content (AvgIpc) is 2.28. The van der Waals surface area contributed by atoms with Crippen molar-refractivity contribution in [2.45, 2.75) is 63.8 Å². The van der Waals surface area contributed by atoms with Gasteiger partial charge >= 0.3 is 12.1 Å². The Balaban J connectivity index is 2.02. The van der Waals surface area contributed by atoms with Crippen molar-refractivity contribution in [3.63, 3.8) is 0 Å². The Labute approximate surface area is 124 Å². The highest BCUT2D eigenvalue weighted by Crippen LogP contribution is 2.71. The number of likely N-dealkylation sites (N-methyl/N-ethyl adjacent to an activating group) is 1. The summed E-state index contributed by atoms with van der Waals surface area (Å²) in [5.74, 6) is -0.485. The number of alkyl halides is 1. The molecular weight excluding hydrogens is 277 g/mol. The van der Waals surface area contributed by atoms with Gasteiger partial charge in [-0.2, -0.15) is 0 Å². The van der Waals surface area contributed by atoms with Gasteiger partial charge in [-0.1, -0.05) is 0 Å². The molecule has 0 aromatic carbocycles. The van der Waals surface area contributed by atoms with Gasteiger partial charge in [-0.15, -0.1) is 0 Å². The number of methoxy groups -OCH3 is 1. The van der Waals surface area contributed by atoms with E-state index < -0.39 is 29.4 Å². The summed E-state index contributed by atoms with van der Waals surface area (Å²) in [6, 6.07) is -0.727. The first-order chi connectivity index (χ1) is 9.49. The lowest BCUT2D eigenvalue weighted by molar-refractivity contribution is -0.223. The minimum atomic E-state index is -1.02. The molecular formula is C15H24FNO4. The van der Waals surface area contributed by atoms with Crippen LogP contribution in [0.3, 0.4) is 0 Å². The van der Waals surface area contributed by atoms with Crippen molar-refractivity contribution in [1.82, 2.24) is 4.90 Å². The van der Waals surface area contributed by atoms with Crippen LogP contribution in [0.25, 0.3) is 0 Å². The summed E-state index contributed by atoms with van der Waals surface area (Å²) in [7, 11) is 2.81. The Kier molecular flexibility index (Phi) is 3.71. The smallest absolute Gasteiger partial charge is 0.410 e. The van der Waals surface area contributed by atoms with Crippen LogP contribution in [0, 0.1) is 5.41 Å². The molecule has 3 saturated carbocycles. The summed E-state index contributed by atoms with van der Waals surface area (Å²) in [5.41, 5.74) is -1.81. The largest absolute Gasteiger partial charge is 0.467 e. The lowest BCUT2D eigenvalue weighted by Gasteiger charge is -2.66. The van der Waals surface area contributed by atoms with Crippen LogP contribution in [-0.2, 0) is 14.3 Å². The molecule has 0 spiro atoms. The van der Waals surface area contributed by atoms with Gasteiger partial charge in [0, 0.05) is 7.05 Å². The van der Waals surface area contributed by atoms with E-state index in [1.165, 1.54) is 19.1 Å². The Morgan fingerprint density at radius 3 is 2.19 bits per heavy atom. The van der Waals surface area contributed by atoms with Crippen molar-refractivity contribution in [2.75, 3.05) is 14.2 Å². The first kappa shape index (κ1) is 16.0. The summed E-state index contributed by atoms with van der Waals surface area (Å²) in [6.45, 7) is 5.29. The molecule has 120 valence electrons. The maximum Gasteiger partial charge on any atom is 0.410 e. The van der Waals surface area contributed by atoms with E-state index in [4.69, 9.17) is 9.47 Å².